The molecule has 4 N–H and O–H groups in total. The molecule has 2 aliphatic rings. The lowest BCUT2D eigenvalue weighted by atomic mass is 9.91. The molecule has 1 atom stereocenters. The van der Waals surface area contributed by atoms with E-state index in [1.54, 1.807) is 6.07 Å². The van der Waals surface area contributed by atoms with Crippen LogP contribution in [0.4, 0.5) is 22.9 Å². The Hall–Kier alpha value is -4.42. The molecule has 1 amide bonds. The lowest BCUT2D eigenvalue weighted by Gasteiger charge is -2.40. The van der Waals surface area contributed by atoms with Crippen LogP contribution < -0.4 is 19.8 Å². The maximum Gasteiger partial charge on any atom is 0.281 e. The van der Waals surface area contributed by atoms with E-state index >= 15 is 0 Å². The van der Waals surface area contributed by atoms with Crippen molar-refractivity contribution in [3.05, 3.63) is 102 Å². The molecule has 3 aromatic carbocycles. The summed E-state index contributed by atoms with van der Waals surface area (Å²) < 4.78 is 26.1. The van der Waals surface area contributed by atoms with Crippen molar-refractivity contribution >= 4 is 45.5 Å². The Bertz CT molecular complexity index is 1770. The van der Waals surface area contributed by atoms with Crippen LogP contribution in [-0.4, -0.2) is 72.6 Å². The van der Waals surface area contributed by atoms with E-state index < -0.39 is 16.9 Å². The highest BCUT2D eigenvalue weighted by molar-refractivity contribution is 7.82. The number of aromatic nitrogens is 1. The zero-order valence-electron chi connectivity index (χ0n) is 27.6. The van der Waals surface area contributed by atoms with Gasteiger partial charge in [0.25, 0.3) is 5.91 Å². The number of anilines is 2. The van der Waals surface area contributed by atoms with E-state index in [0.29, 0.717) is 36.9 Å². The third-order valence-electron chi connectivity index (χ3n) is 8.63. The molecule has 250 valence electrons. The number of carbonyl (C=O) groups is 1. The van der Waals surface area contributed by atoms with Crippen LogP contribution in [0, 0.1) is 11.3 Å². The number of morpholine rings is 1. The van der Waals surface area contributed by atoms with E-state index in [0.717, 1.165) is 59.9 Å². The van der Waals surface area contributed by atoms with Crippen LogP contribution in [0.1, 0.15) is 35.5 Å². The number of benzene rings is 3. The minimum Gasteiger partial charge on any atom is -0.378 e. The Morgan fingerprint density at radius 2 is 1.73 bits per heavy atom. The highest BCUT2D eigenvalue weighted by atomic mass is 32.2. The fourth-order valence-corrected chi connectivity index (χ4v) is 6.32. The molecule has 2 saturated heterocycles. The number of nitrogens with two attached hydrogens (primary N) is 1. The van der Waals surface area contributed by atoms with Crippen molar-refractivity contribution < 1.29 is 23.8 Å². The molecule has 10 nitrogen and oxygen atoms in total. The van der Waals surface area contributed by atoms with Gasteiger partial charge in [0, 0.05) is 61.2 Å². The third-order valence-corrected chi connectivity index (χ3v) is 9.11. The molecule has 6 rings (SSSR count). The molecule has 1 unspecified atom stereocenters. The second-order valence-electron chi connectivity index (χ2n) is 12.5. The average molecular weight is 668 g/mol. The Balaban J connectivity index is 1.30. The number of rotatable bonds is 12. The maximum absolute atomic E-state index is 13.2. The van der Waals surface area contributed by atoms with Crippen molar-refractivity contribution in [2.75, 3.05) is 55.4 Å². The van der Waals surface area contributed by atoms with Crippen molar-refractivity contribution in [1.29, 1.82) is 5.41 Å². The van der Waals surface area contributed by atoms with Gasteiger partial charge in [0.05, 0.1) is 31.5 Å². The topological polar surface area (TPSA) is 124 Å². The Morgan fingerprint density at radius 3 is 2.42 bits per heavy atom. The molecule has 0 saturated carbocycles. The van der Waals surface area contributed by atoms with Gasteiger partial charge in [-0.2, -0.15) is 4.98 Å². The molecule has 3 heterocycles. The lowest BCUT2D eigenvalue weighted by molar-refractivity contribution is -0.483. The predicted octanol–water partition coefficient (Wildman–Crippen LogP) is 4.56. The average Bonchev–Trinajstić information content (AvgIpc) is 3.08. The summed E-state index contributed by atoms with van der Waals surface area (Å²) >= 11 is 0. The van der Waals surface area contributed by atoms with Gasteiger partial charge in [-0.3, -0.25) is 14.8 Å². The van der Waals surface area contributed by atoms with E-state index in [4.69, 9.17) is 14.5 Å². The summed E-state index contributed by atoms with van der Waals surface area (Å²) in [5, 5.41) is 11.1. The first-order valence-corrected chi connectivity index (χ1v) is 17.9. The Morgan fingerprint density at radius 1 is 1.00 bits per heavy atom. The number of ether oxygens (including phenoxy) is 2. The molecular formula is C37H43N6O4S+. The number of amides is 1. The second-order valence-corrected chi connectivity index (χ2v) is 13.6. The number of quaternary nitrogens is 1. The van der Waals surface area contributed by atoms with Crippen LogP contribution in [0.3, 0.4) is 0 Å². The molecule has 1 aromatic heterocycles. The largest absolute Gasteiger partial charge is 0.378 e. The van der Waals surface area contributed by atoms with Crippen molar-refractivity contribution in [3.8, 4) is 11.1 Å². The van der Waals surface area contributed by atoms with Gasteiger partial charge < -0.3 is 24.7 Å². The number of hydrogen-bond acceptors (Lipinski definition) is 8. The Labute approximate surface area is 284 Å². The van der Waals surface area contributed by atoms with E-state index in [9.17, 15) is 14.4 Å². The van der Waals surface area contributed by atoms with E-state index in [1.165, 1.54) is 6.26 Å². The summed E-state index contributed by atoms with van der Waals surface area (Å²) in [5.41, 5.74) is 7.05. The van der Waals surface area contributed by atoms with Gasteiger partial charge in [0.1, 0.15) is 22.4 Å². The van der Waals surface area contributed by atoms with Crippen LogP contribution >= 0.6 is 0 Å². The number of hydrogen-bond donors (Lipinski definition) is 3. The van der Waals surface area contributed by atoms with Crippen molar-refractivity contribution in [2.24, 2.45) is 5.92 Å². The van der Waals surface area contributed by atoms with Gasteiger partial charge in [-0.05, 0) is 47.4 Å². The molecule has 4 aromatic rings. The van der Waals surface area contributed by atoms with Crippen LogP contribution in [0.5, 0.6) is 0 Å². The molecule has 0 aliphatic carbocycles. The standard InChI is InChI=1S/C37H42N6O4S/c1-25(2)35(38)34-32(27-12-14-29(15-13-27)42-16-18-46-19-17-42)21-33(37(44)41-48(3)45)40-36(34)39-28-10-7-11-30(20-28)43-22-31(23-43)47-24-26-8-5-4-6-9-26/h4-15,20-21,25,31,38H,16-19,22-24H2,1-3H3,(H,39,40)(H,41,44)/p+1. The summed E-state index contributed by atoms with van der Waals surface area (Å²) in [6.07, 6.45) is 1.58. The summed E-state index contributed by atoms with van der Waals surface area (Å²) in [6.45, 7) is 9.20. The monoisotopic (exact) mass is 667 g/mol. The van der Waals surface area contributed by atoms with Gasteiger partial charge >= 0.3 is 0 Å². The van der Waals surface area contributed by atoms with E-state index in [1.807, 2.05) is 61.6 Å². The van der Waals surface area contributed by atoms with Crippen LogP contribution in [0.2, 0.25) is 0 Å². The highest BCUT2D eigenvalue weighted by Gasteiger charge is 2.29. The zero-order valence-corrected chi connectivity index (χ0v) is 28.5. The van der Waals surface area contributed by atoms with Crippen LogP contribution in [0.15, 0.2) is 84.9 Å². The molecular weight excluding hydrogens is 625 g/mol. The molecule has 0 bridgehead atoms. The number of nitrogens with zero attached hydrogens (tertiary/aromatic N) is 3. The summed E-state index contributed by atoms with van der Waals surface area (Å²) in [5.74, 6) is -0.108. The minimum absolute atomic E-state index is 0.0895. The first kappa shape index (κ1) is 33.5. The fraction of sp³-hybridized carbons (Fsp3) is 0.324. The molecule has 48 heavy (non-hydrogen) atoms. The molecule has 2 aliphatic heterocycles. The van der Waals surface area contributed by atoms with Gasteiger partial charge in [0.2, 0.25) is 5.82 Å². The van der Waals surface area contributed by atoms with Crippen molar-refractivity contribution in [3.63, 3.8) is 0 Å². The quantitative estimate of drug-likeness (QED) is 0.150. The minimum atomic E-state index is -1.56. The second kappa shape index (κ2) is 15.2. The van der Waals surface area contributed by atoms with Crippen molar-refractivity contribution in [2.45, 2.75) is 26.6 Å². The van der Waals surface area contributed by atoms with Crippen LogP contribution in [-0.2, 0) is 27.1 Å². The first-order chi connectivity index (χ1) is 23.2. The van der Waals surface area contributed by atoms with Gasteiger partial charge in [-0.1, -0.05) is 62.4 Å². The first-order valence-electron chi connectivity index (χ1n) is 16.3. The normalized spacial score (nSPS) is 15.7. The molecule has 0 spiro atoms. The molecule has 0 radical (unpaired) electrons. The van der Waals surface area contributed by atoms with E-state index in [-0.39, 0.29) is 17.7 Å². The highest BCUT2D eigenvalue weighted by Crippen LogP contribution is 2.32. The zero-order chi connectivity index (χ0) is 33.6. The summed E-state index contributed by atoms with van der Waals surface area (Å²) in [7, 11) is -1.56. The Kier molecular flexibility index (Phi) is 10.6. The number of carbonyl (C=O) groups excluding carboxylic acids is 1. The van der Waals surface area contributed by atoms with Gasteiger partial charge in [0.15, 0.2) is 0 Å². The fourth-order valence-electron chi connectivity index (χ4n) is 5.95. The molecule has 11 heteroatoms. The summed E-state index contributed by atoms with van der Waals surface area (Å²) in [6, 6.07) is 28.3. The number of nitrogens with one attached hydrogen (secondary N) is 2. The number of pyridine rings is 1. The molecule has 2 fully saturated rings. The van der Waals surface area contributed by atoms with Crippen LogP contribution in [0.25, 0.3) is 11.1 Å². The van der Waals surface area contributed by atoms with Crippen molar-refractivity contribution in [1.82, 2.24) is 9.71 Å². The third kappa shape index (κ3) is 7.99. The van der Waals surface area contributed by atoms with E-state index in [2.05, 4.69) is 50.9 Å². The summed E-state index contributed by atoms with van der Waals surface area (Å²) in [4.78, 5) is 22.6. The predicted molar refractivity (Wildman–Crippen MR) is 191 cm³/mol. The maximum atomic E-state index is 13.2. The smallest absolute Gasteiger partial charge is 0.281 e. The lowest BCUT2D eigenvalue weighted by Crippen LogP contribution is -2.72. The van der Waals surface area contributed by atoms with Gasteiger partial charge in [-0.15, -0.1) is 0 Å². The SMILES string of the molecule is CC(C)C(=N)c1c(-c2ccc(N3CCOCC3)cc2)cc(C(=O)NS(C)=O)nc1[NH2+]c1cccc(N2CC(OCc3ccccc3)C2)c1. The van der Waals surface area contributed by atoms with Gasteiger partial charge in [-0.25, -0.2) is 4.21 Å².